The van der Waals surface area contributed by atoms with Gasteiger partial charge in [-0.05, 0) is 30.4 Å². The number of nitrogens with two attached hydrogens (primary N) is 1. The van der Waals surface area contributed by atoms with Gasteiger partial charge in [-0.15, -0.1) is 0 Å². The van der Waals surface area contributed by atoms with Crippen molar-refractivity contribution in [3.8, 4) is 0 Å². The summed E-state index contributed by atoms with van der Waals surface area (Å²) < 4.78 is 18.2. The minimum absolute atomic E-state index is 0.0255. The van der Waals surface area contributed by atoms with Gasteiger partial charge >= 0.3 is 0 Å². The Balaban J connectivity index is 2.47. The molecule has 0 unspecified atom stereocenters. The summed E-state index contributed by atoms with van der Waals surface area (Å²) >= 11 is 4.54. The number of benzene rings is 1. The fourth-order valence-electron chi connectivity index (χ4n) is 1.37. The third kappa shape index (κ3) is 2.51. The smallest absolute Gasteiger partial charge is 0.201 e. The molecule has 0 fully saturated rings. The molecule has 5 nitrogen and oxygen atoms in total. The van der Waals surface area contributed by atoms with E-state index in [1.165, 1.54) is 24.6 Å². The third-order valence-corrected chi connectivity index (χ3v) is 2.23. The molecular formula is C11H8FN3O2S. The number of hydrogen-bond donors (Lipinski definition) is 2. The second-order valence-electron chi connectivity index (χ2n) is 3.39. The first-order chi connectivity index (χ1) is 8.58. The highest BCUT2D eigenvalue weighted by atomic mass is 32.1. The molecule has 0 aliphatic carbocycles. The van der Waals surface area contributed by atoms with Crippen LogP contribution in [0.15, 0.2) is 38.8 Å². The van der Waals surface area contributed by atoms with Gasteiger partial charge in [-0.1, -0.05) is 0 Å². The predicted molar refractivity (Wildman–Crippen MR) is 70.0 cm³/mol. The molecule has 0 aliphatic heterocycles. The number of fused-ring (bicyclic) bond motifs is 1. The van der Waals surface area contributed by atoms with E-state index in [0.29, 0.717) is 5.58 Å². The van der Waals surface area contributed by atoms with Crippen molar-refractivity contribution in [3.63, 3.8) is 0 Å². The Labute approximate surface area is 106 Å². The Morgan fingerprint density at radius 3 is 3.06 bits per heavy atom. The van der Waals surface area contributed by atoms with Crippen LogP contribution in [0.3, 0.4) is 0 Å². The molecule has 3 N–H and O–H groups in total. The molecule has 7 heteroatoms. The van der Waals surface area contributed by atoms with E-state index in [9.17, 15) is 9.18 Å². The summed E-state index contributed by atoms with van der Waals surface area (Å²) in [4.78, 5) is 11.9. The van der Waals surface area contributed by atoms with Crippen LogP contribution in [0.5, 0.6) is 0 Å². The second-order valence-corrected chi connectivity index (χ2v) is 3.83. The average Bonchev–Trinajstić information content (AvgIpc) is 2.32. The molecule has 2 rings (SSSR count). The highest BCUT2D eigenvalue weighted by Crippen LogP contribution is 2.12. The van der Waals surface area contributed by atoms with Crippen LogP contribution < -0.4 is 16.6 Å². The minimum atomic E-state index is -0.509. The number of halogens is 1. The summed E-state index contributed by atoms with van der Waals surface area (Å²) in [5, 5.41) is 3.76. The zero-order valence-electron chi connectivity index (χ0n) is 9.01. The van der Waals surface area contributed by atoms with E-state index >= 15 is 0 Å². The topological polar surface area (TPSA) is 80.6 Å². The van der Waals surface area contributed by atoms with Gasteiger partial charge in [0.2, 0.25) is 5.43 Å². The Morgan fingerprint density at radius 1 is 1.56 bits per heavy atom. The second kappa shape index (κ2) is 4.92. The lowest BCUT2D eigenvalue weighted by Crippen LogP contribution is -2.24. The van der Waals surface area contributed by atoms with Gasteiger partial charge in [-0.3, -0.25) is 10.2 Å². The van der Waals surface area contributed by atoms with Crippen LogP contribution >= 0.6 is 12.2 Å². The molecular weight excluding hydrogens is 257 g/mol. The van der Waals surface area contributed by atoms with Crippen LogP contribution in [0.1, 0.15) is 5.56 Å². The summed E-state index contributed by atoms with van der Waals surface area (Å²) in [5.41, 5.74) is 7.55. The molecule has 0 saturated heterocycles. The predicted octanol–water partition coefficient (Wildman–Crippen LogP) is 1.10. The monoisotopic (exact) mass is 265 g/mol. The normalized spacial score (nSPS) is 10.9. The summed E-state index contributed by atoms with van der Waals surface area (Å²) in [7, 11) is 0. The molecule has 0 aliphatic rings. The number of thiocarbonyl (C=S) groups is 1. The van der Waals surface area contributed by atoms with Crippen molar-refractivity contribution in [2.45, 2.75) is 0 Å². The van der Waals surface area contributed by atoms with E-state index in [-0.39, 0.29) is 21.5 Å². The average molecular weight is 265 g/mol. The number of hydrogen-bond acceptors (Lipinski definition) is 4. The van der Waals surface area contributed by atoms with Crippen molar-refractivity contribution in [2.24, 2.45) is 10.8 Å². The molecule has 18 heavy (non-hydrogen) atoms. The molecule has 0 saturated carbocycles. The first-order valence-electron chi connectivity index (χ1n) is 4.87. The van der Waals surface area contributed by atoms with Crippen LogP contribution in [0.4, 0.5) is 4.39 Å². The first-order valence-corrected chi connectivity index (χ1v) is 5.28. The van der Waals surface area contributed by atoms with Crippen molar-refractivity contribution in [1.82, 2.24) is 5.43 Å². The minimum Gasteiger partial charge on any atom is -0.463 e. The maximum atomic E-state index is 13.0. The Bertz CT molecular complexity index is 696. The van der Waals surface area contributed by atoms with E-state index in [0.717, 1.165) is 6.07 Å². The van der Waals surface area contributed by atoms with E-state index in [2.05, 4.69) is 22.7 Å². The SMILES string of the molecule is NC(=S)NN=Cc1coc2ccc(F)cc2c1=O. The van der Waals surface area contributed by atoms with Gasteiger partial charge in [0.15, 0.2) is 5.11 Å². The van der Waals surface area contributed by atoms with Gasteiger partial charge in [0, 0.05) is 0 Å². The summed E-state index contributed by atoms with van der Waals surface area (Å²) in [6.45, 7) is 0. The molecule has 1 aromatic carbocycles. The maximum Gasteiger partial charge on any atom is 0.201 e. The fraction of sp³-hybridized carbons (Fsp3) is 0. The molecule has 2 aromatic rings. The van der Waals surface area contributed by atoms with Crippen molar-refractivity contribution in [3.05, 3.63) is 46.1 Å². The Morgan fingerprint density at radius 2 is 2.33 bits per heavy atom. The van der Waals surface area contributed by atoms with E-state index < -0.39 is 5.82 Å². The highest BCUT2D eigenvalue weighted by Gasteiger charge is 2.06. The standard InChI is InChI=1S/C11H8FN3O2S/c12-7-1-2-9-8(3-7)10(16)6(5-17-9)4-14-15-11(13)18/h1-5H,(H3,13,15,18). The molecule has 0 bridgehead atoms. The van der Waals surface area contributed by atoms with E-state index in [1.807, 2.05) is 0 Å². The Hall–Kier alpha value is -2.28. The van der Waals surface area contributed by atoms with E-state index in [1.54, 1.807) is 0 Å². The number of nitrogens with one attached hydrogen (secondary N) is 1. The summed E-state index contributed by atoms with van der Waals surface area (Å²) in [5.74, 6) is -0.509. The summed E-state index contributed by atoms with van der Waals surface area (Å²) in [6.07, 6.45) is 2.43. The maximum absolute atomic E-state index is 13.0. The van der Waals surface area contributed by atoms with Gasteiger partial charge < -0.3 is 10.2 Å². The third-order valence-electron chi connectivity index (χ3n) is 2.14. The van der Waals surface area contributed by atoms with Crippen molar-refractivity contribution in [2.75, 3.05) is 0 Å². The molecule has 0 spiro atoms. The molecule has 1 aromatic heterocycles. The Kier molecular flexibility index (Phi) is 3.33. The molecule has 0 amide bonds. The zero-order valence-corrected chi connectivity index (χ0v) is 9.83. The number of nitrogens with zero attached hydrogens (tertiary/aromatic N) is 1. The van der Waals surface area contributed by atoms with Crippen molar-refractivity contribution < 1.29 is 8.81 Å². The lowest BCUT2D eigenvalue weighted by molar-refractivity contribution is 0.595. The lowest BCUT2D eigenvalue weighted by Gasteiger charge is -1.98. The van der Waals surface area contributed by atoms with Crippen molar-refractivity contribution >= 4 is 34.5 Å². The molecule has 0 atom stereocenters. The fourth-order valence-corrected chi connectivity index (χ4v) is 1.43. The zero-order chi connectivity index (χ0) is 13.1. The largest absolute Gasteiger partial charge is 0.463 e. The number of rotatable bonds is 2. The van der Waals surface area contributed by atoms with Crippen molar-refractivity contribution in [1.29, 1.82) is 0 Å². The van der Waals surface area contributed by atoms with Gasteiger partial charge in [-0.25, -0.2) is 4.39 Å². The quantitative estimate of drug-likeness (QED) is 0.483. The van der Waals surface area contributed by atoms with Gasteiger partial charge in [-0.2, -0.15) is 5.10 Å². The molecule has 92 valence electrons. The van der Waals surface area contributed by atoms with E-state index in [4.69, 9.17) is 10.2 Å². The van der Waals surface area contributed by atoms with Crippen LogP contribution in [-0.4, -0.2) is 11.3 Å². The van der Waals surface area contributed by atoms with Crippen LogP contribution in [0, 0.1) is 5.82 Å². The summed E-state index contributed by atoms with van der Waals surface area (Å²) in [6, 6.07) is 3.72. The number of hydrazone groups is 1. The van der Waals surface area contributed by atoms with Crippen LogP contribution in [-0.2, 0) is 0 Å². The molecule has 1 heterocycles. The van der Waals surface area contributed by atoms with Gasteiger partial charge in [0.05, 0.1) is 17.2 Å². The first kappa shape index (κ1) is 12.2. The van der Waals surface area contributed by atoms with Gasteiger partial charge in [0.25, 0.3) is 0 Å². The lowest BCUT2D eigenvalue weighted by atomic mass is 10.2. The molecule has 0 radical (unpaired) electrons. The highest BCUT2D eigenvalue weighted by molar-refractivity contribution is 7.80. The van der Waals surface area contributed by atoms with Crippen LogP contribution in [0.25, 0.3) is 11.0 Å². The van der Waals surface area contributed by atoms with Crippen LogP contribution in [0.2, 0.25) is 0 Å². The van der Waals surface area contributed by atoms with Gasteiger partial charge in [0.1, 0.15) is 17.7 Å².